The van der Waals surface area contributed by atoms with Gasteiger partial charge >= 0.3 is 11.9 Å². The molecule has 0 bridgehead atoms. The molecule has 0 saturated heterocycles. The van der Waals surface area contributed by atoms with Crippen LogP contribution >= 0.6 is 0 Å². The summed E-state index contributed by atoms with van der Waals surface area (Å²) in [6.45, 7) is 4.33. The van der Waals surface area contributed by atoms with Crippen molar-refractivity contribution in [2.45, 2.75) is 135 Å². The Balaban J connectivity index is 4.53. The Hall–Kier alpha value is -3.23. The minimum atomic E-state index is -1.14. The standard InChI is InChI=1S/C42H69NO7/c1-6-8-10-12-14-16-18-20-21-23-24-26-28-30-32-40(44)49-37-38(36-48-35-34-39(42(46)47)43(3,4)5)50-41(45)33-31-29-27-25-22-19-17-15-13-11-9-7-2/h8-11,14-17,20-22,25,38-39H,6-7,12-13,18-19,23-24,26-37H2,1-5H3/b10-8+,11-9+,16-14+,17-15+,21-20+,25-22+. The van der Waals surface area contributed by atoms with Gasteiger partial charge in [0.05, 0.1) is 40.3 Å². The van der Waals surface area contributed by atoms with E-state index in [0.717, 1.165) is 83.5 Å². The highest BCUT2D eigenvalue weighted by molar-refractivity contribution is 5.70. The second-order valence-corrected chi connectivity index (χ2v) is 13.4. The molecule has 0 aliphatic carbocycles. The number of carboxylic acid groups (broad SMARTS) is 1. The van der Waals surface area contributed by atoms with Crippen molar-refractivity contribution in [3.63, 3.8) is 0 Å². The highest BCUT2D eigenvalue weighted by atomic mass is 16.6. The van der Waals surface area contributed by atoms with Crippen LogP contribution in [0, 0.1) is 0 Å². The van der Waals surface area contributed by atoms with Crippen LogP contribution in [0.3, 0.4) is 0 Å². The van der Waals surface area contributed by atoms with Crippen molar-refractivity contribution >= 4 is 17.9 Å². The van der Waals surface area contributed by atoms with Gasteiger partial charge in [0, 0.05) is 19.3 Å². The molecule has 0 spiro atoms. The van der Waals surface area contributed by atoms with E-state index < -0.39 is 18.1 Å². The maximum Gasteiger partial charge on any atom is 0.306 e. The van der Waals surface area contributed by atoms with E-state index in [0.29, 0.717) is 12.8 Å². The van der Waals surface area contributed by atoms with Gasteiger partial charge in [-0.15, -0.1) is 0 Å². The predicted molar refractivity (Wildman–Crippen MR) is 203 cm³/mol. The van der Waals surface area contributed by atoms with Gasteiger partial charge in [-0.05, 0) is 77.0 Å². The molecule has 8 nitrogen and oxygen atoms in total. The fourth-order valence-electron chi connectivity index (χ4n) is 4.92. The molecule has 0 amide bonds. The highest BCUT2D eigenvalue weighted by Gasteiger charge is 2.25. The lowest BCUT2D eigenvalue weighted by Crippen LogP contribution is -2.55. The summed E-state index contributed by atoms with van der Waals surface area (Å²) in [7, 11) is 5.36. The lowest BCUT2D eigenvalue weighted by molar-refractivity contribution is -0.889. The summed E-state index contributed by atoms with van der Waals surface area (Å²) in [5, 5.41) is 11.6. The van der Waals surface area contributed by atoms with Crippen LogP contribution in [-0.4, -0.2) is 75.5 Å². The summed E-state index contributed by atoms with van der Waals surface area (Å²) < 4.78 is 17.0. The number of unbranched alkanes of at least 4 members (excludes halogenated alkanes) is 6. The Morgan fingerprint density at radius 2 is 1.06 bits per heavy atom. The van der Waals surface area contributed by atoms with E-state index in [1.165, 1.54) is 0 Å². The number of carbonyl (C=O) groups is 3. The van der Waals surface area contributed by atoms with Gasteiger partial charge in [-0.2, -0.15) is 0 Å². The summed E-state index contributed by atoms with van der Waals surface area (Å²) in [6.07, 6.45) is 39.3. The minimum absolute atomic E-state index is 0.0135. The third-order valence-electron chi connectivity index (χ3n) is 7.84. The molecule has 0 saturated carbocycles. The Labute approximate surface area is 304 Å². The molecule has 0 fully saturated rings. The van der Waals surface area contributed by atoms with E-state index in [9.17, 15) is 19.5 Å². The van der Waals surface area contributed by atoms with E-state index in [1.54, 1.807) is 21.1 Å². The quantitative estimate of drug-likeness (QED) is 0.0301. The number of hydrogen-bond donors (Lipinski definition) is 0. The number of quaternary nitrogens is 1. The van der Waals surface area contributed by atoms with Gasteiger partial charge in [-0.25, -0.2) is 0 Å². The number of ether oxygens (including phenoxy) is 3. The molecular weight excluding hydrogens is 630 g/mol. The Kier molecular flexibility index (Phi) is 30.8. The fourth-order valence-corrected chi connectivity index (χ4v) is 4.92. The van der Waals surface area contributed by atoms with Crippen molar-refractivity contribution in [1.82, 2.24) is 0 Å². The molecule has 0 aromatic heterocycles. The minimum Gasteiger partial charge on any atom is -0.544 e. The number of hydrogen-bond acceptors (Lipinski definition) is 7. The molecule has 0 aliphatic heterocycles. The van der Waals surface area contributed by atoms with Crippen molar-refractivity contribution in [3.8, 4) is 0 Å². The molecular formula is C42H69NO7. The predicted octanol–water partition coefficient (Wildman–Crippen LogP) is 8.29. The molecule has 0 N–H and O–H groups in total. The van der Waals surface area contributed by atoms with Gasteiger partial charge in [0.2, 0.25) is 0 Å². The number of nitrogens with zero attached hydrogens (tertiary/aromatic N) is 1. The third-order valence-corrected chi connectivity index (χ3v) is 7.84. The van der Waals surface area contributed by atoms with Crippen molar-refractivity contribution in [3.05, 3.63) is 72.9 Å². The Morgan fingerprint density at radius 1 is 0.600 bits per heavy atom. The first-order valence-electron chi connectivity index (χ1n) is 19.0. The van der Waals surface area contributed by atoms with Crippen LogP contribution in [0.5, 0.6) is 0 Å². The maximum atomic E-state index is 12.6. The summed E-state index contributed by atoms with van der Waals surface area (Å²) >= 11 is 0. The lowest BCUT2D eigenvalue weighted by atomic mass is 10.1. The van der Waals surface area contributed by atoms with Gasteiger partial charge in [-0.3, -0.25) is 9.59 Å². The highest BCUT2D eigenvalue weighted by Crippen LogP contribution is 2.11. The molecule has 0 heterocycles. The van der Waals surface area contributed by atoms with Gasteiger partial charge in [0.15, 0.2) is 6.10 Å². The van der Waals surface area contributed by atoms with Gasteiger partial charge in [0.25, 0.3) is 0 Å². The number of allylic oxidation sites excluding steroid dienone is 12. The van der Waals surface area contributed by atoms with E-state index in [-0.39, 0.29) is 49.1 Å². The van der Waals surface area contributed by atoms with Crippen LogP contribution in [0.2, 0.25) is 0 Å². The fraction of sp³-hybridized carbons (Fsp3) is 0.643. The smallest absolute Gasteiger partial charge is 0.306 e. The van der Waals surface area contributed by atoms with E-state index in [1.807, 2.05) is 0 Å². The molecule has 0 aromatic carbocycles. The molecule has 0 aromatic rings. The molecule has 0 radical (unpaired) electrons. The van der Waals surface area contributed by atoms with E-state index in [2.05, 4.69) is 86.8 Å². The second kappa shape index (κ2) is 32.9. The Morgan fingerprint density at radius 3 is 1.58 bits per heavy atom. The number of carbonyl (C=O) groups excluding carboxylic acids is 3. The molecule has 0 aliphatic rings. The monoisotopic (exact) mass is 700 g/mol. The zero-order chi connectivity index (χ0) is 37.1. The maximum absolute atomic E-state index is 12.6. The number of aliphatic carboxylic acids is 1. The van der Waals surface area contributed by atoms with E-state index >= 15 is 0 Å². The van der Waals surface area contributed by atoms with Crippen LogP contribution < -0.4 is 5.11 Å². The van der Waals surface area contributed by atoms with Gasteiger partial charge < -0.3 is 28.6 Å². The van der Waals surface area contributed by atoms with Crippen molar-refractivity contribution in [2.24, 2.45) is 0 Å². The van der Waals surface area contributed by atoms with Gasteiger partial charge in [-0.1, -0.05) is 99.6 Å². The van der Waals surface area contributed by atoms with Crippen molar-refractivity contribution < 1.29 is 38.2 Å². The molecule has 0 rings (SSSR count). The lowest BCUT2D eigenvalue weighted by Gasteiger charge is -2.34. The molecule has 50 heavy (non-hydrogen) atoms. The zero-order valence-corrected chi connectivity index (χ0v) is 32.0. The average Bonchev–Trinajstić information content (AvgIpc) is 3.06. The summed E-state index contributed by atoms with van der Waals surface area (Å²) in [6, 6.07) is -0.738. The molecule has 2 atom stereocenters. The van der Waals surface area contributed by atoms with Crippen LogP contribution in [0.25, 0.3) is 0 Å². The Bertz CT molecular complexity index is 1050. The average molecular weight is 700 g/mol. The molecule has 2 unspecified atom stereocenters. The molecule has 8 heteroatoms. The van der Waals surface area contributed by atoms with Crippen molar-refractivity contribution in [1.29, 1.82) is 0 Å². The van der Waals surface area contributed by atoms with E-state index in [4.69, 9.17) is 14.2 Å². The largest absolute Gasteiger partial charge is 0.544 e. The van der Waals surface area contributed by atoms with Crippen LogP contribution in [-0.2, 0) is 28.6 Å². The first-order chi connectivity index (χ1) is 24.1. The number of esters is 2. The number of carboxylic acids is 1. The second-order valence-electron chi connectivity index (χ2n) is 13.4. The SMILES string of the molecule is CC/C=C/C/C=C/C/C=C/CCCCCCC(=O)OCC(COCCC(C(=O)[O-])[N+](C)(C)C)OC(=O)CCCC/C=C/C/C=C/C/C=C/CC. The van der Waals surface area contributed by atoms with Crippen molar-refractivity contribution in [2.75, 3.05) is 41.0 Å². The summed E-state index contributed by atoms with van der Waals surface area (Å²) in [4.78, 5) is 36.6. The summed E-state index contributed by atoms with van der Waals surface area (Å²) in [5.74, 6) is -1.83. The molecule has 284 valence electrons. The van der Waals surface area contributed by atoms with Crippen LogP contribution in [0.1, 0.15) is 123 Å². The van der Waals surface area contributed by atoms with Crippen LogP contribution in [0.4, 0.5) is 0 Å². The topological polar surface area (TPSA) is 102 Å². The summed E-state index contributed by atoms with van der Waals surface area (Å²) in [5.41, 5.74) is 0. The number of likely N-dealkylation sites (N-methyl/N-ethyl adjacent to an activating group) is 1. The van der Waals surface area contributed by atoms with Gasteiger partial charge in [0.1, 0.15) is 12.6 Å². The first kappa shape index (κ1) is 46.8. The zero-order valence-electron chi connectivity index (χ0n) is 32.0. The first-order valence-corrected chi connectivity index (χ1v) is 19.0. The normalized spacial score (nSPS) is 13.9. The third kappa shape index (κ3) is 30.8. The number of rotatable bonds is 32. The van der Waals surface area contributed by atoms with Crippen LogP contribution in [0.15, 0.2) is 72.9 Å².